The monoisotopic (exact) mass is 164 g/mol. The van der Waals surface area contributed by atoms with Gasteiger partial charge in [0, 0.05) is 11.8 Å². The molecule has 0 spiro atoms. The molecule has 1 nitrogen and oxygen atoms in total. The largest absolute Gasteiger partial charge is 0.299 e. The molecule has 12 heavy (non-hydrogen) atoms. The number of Topliss-reactive ketones (excluding diaryl/α,β-unsaturated/α-hetero) is 1. The van der Waals surface area contributed by atoms with Gasteiger partial charge in [0.05, 0.1) is 0 Å². The van der Waals surface area contributed by atoms with Gasteiger partial charge in [0.2, 0.25) is 0 Å². The van der Waals surface area contributed by atoms with Crippen molar-refractivity contribution in [2.45, 2.75) is 33.6 Å². The smallest absolute Gasteiger partial charge is 0.139 e. The summed E-state index contributed by atoms with van der Waals surface area (Å²) in [6.07, 6.45) is 1.83. The lowest BCUT2D eigenvalue weighted by molar-refractivity contribution is -0.125. The first-order valence-electron chi connectivity index (χ1n) is 4.59. The van der Waals surface area contributed by atoms with Gasteiger partial charge in [0.15, 0.2) is 0 Å². The molecule has 0 bridgehead atoms. The predicted octanol–water partition coefficient (Wildman–Crippen LogP) is 2.57. The molecule has 2 aliphatic rings. The van der Waals surface area contributed by atoms with Crippen LogP contribution in [-0.4, -0.2) is 5.78 Å². The van der Waals surface area contributed by atoms with E-state index in [0.717, 1.165) is 12.8 Å². The molecule has 0 aromatic rings. The Bertz CT molecular complexity index is 275. The minimum atomic E-state index is -0.135. The highest BCUT2D eigenvalue weighted by Gasteiger charge is 2.61. The third kappa shape index (κ3) is 0.675. The standard InChI is InChI=1S/C11H16O/c1-7-5-11(4)6-8(12)10(2,3)9(7)11/h9H,1,5-6H2,2-4H3/t9-,11+/m0/s1. The van der Waals surface area contributed by atoms with Crippen molar-refractivity contribution in [2.24, 2.45) is 16.7 Å². The number of carbonyl (C=O) groups excluding carboxylic acids is 1. The Morgan fingerprint density at radius 1 is 1.33 bits per heavy atom. The lowest BCUT2D eigenvalue weighted by Gasteiger charge is -2.48. The lowest BCUT2D eigenvalue weighted by atomic mass is 9.55. The number of carbonyl (C=O) groups is 1. The molecule has 0 aliphatic heterocycles. The van der Waals surface area contributed by atoms with Crippen molar-refractivity contribution in [3.63, 3.8) is 0 Å². The van der Waals surface area contributed by atoms with E-state index < -0.39 is 0 Å². The average Bonchev–Trinajstić information content (AvgIpc) is 1.95. The molecule has 1 heteroatoms. The summed E-state index contributed by atoms with van der Waals surface area (Å²) in [7, 11) is 0. The molecule has 2 saturated carbocycles. The van der Waals surface area contributed by atoms with E-state index in [1.807, 2.05) is 0 Å². The molecule has 66 valence electrons. The molecule has 0 saturated heterocycles. The van der Waals surface area contributed by atoms with Crippen LogP contribution in [0.15, 0.2) is 12.2 Å². The van der Waals surface area contributed by atoms with E-state index in [2.05, 4.69) is 27.4 Å². The zero-order valence-electron chi connectivity index (χ0n) is 8.11. The van der Waals surface area contributed by atoms with E-state index in [1.54, 1.807) is 0 Å². The van der Waals surface area contributed by atoms with E-state index in [-0.39, 0.29) is 10.8 Å². The van der Waals surface area contributed by atoms with E-state index in [4.69, 9.17) is 0 Å². The number of ketones is 1. The first kappa shape index (κ1) is 8.03. The summed E-state index contributed by atoms with van der Waals surface area (Å²) >= 11 is 0. The Balaban J connectivity index is 2.42. The fourth-order valence-corrected chi connectivity index (χ4v) is 3.39. The molecular weight excluding hydrogens is 148 g/mol. The van der Waals surface area contributed by atoms with Gasteiger partial charge in [-0.05, 0) is 17.8 Å². The van der Waals surface area contributed by atoms with E-state index >= 15 is 0 Å². The molecule has 0 heterocycles. The second-order valence-electron chi connectivity index (χ2n) is 5.24. The van der Waals surface area contributed by atoms with Gasteiger partial charge in [-0.15, -0.1) is 0 Å². The van der Waals surface area contributed by atoms with Gasteiger partial charge in [-0.25, -0.2) is 0 Å². The molecule has 2 fully saturated rings. The third-order valence-corrected chi connectivity index (χ3v) is 3.74. The van der Waals surface area contributed by atoms with Crippen LogP contribution in [0.4, 0.5) is 0 Å². The van der Waals surface area contributed by atoms with Crippen LogP contribution in [0.1, 0.15) is 33.6 Å². The summed E-state index contributed by atoms with van der Waals surface area (Å²) in [4.78, 5) is 11.7. The quantitative estimate of drug-likeness (QED) is 0.503. The van der Waals surface area contributed by atoms with Crippen molar-refractivity contribution in [3.05, 3.63) is 12.2 Å². The number of fused-ring (bicyclic) bond motifs is 1. The fourth-order valence-electron chi connectivity index (χ4n) is 3.39. The third-order valence-electron chi connectivity index (χ3n) is 3.74. The van der Waals surface area contributed by atoms with Gasteiger partial charge < -0.3 is 0 Å². The SMILES string of the molecule is C=C1C[C@]2(C)CC(=O)C(C)(C)[C@H]12. The van der Waals surface area contributed by atoms with Crippen LogP contribution in [0.3, 0.4) is 0 Å². The molecular formula is C11H16O. The number of hydrogen-bond acceptors (Lipinski definition) is 1. The van der Waals surface area contributed by atoms with E-state index in [0.29, 0.717) is 11.7 Å². The van der Waals surface area contributed by atoms with Crippen LogP contribution in [0.5, 0.6) is 0 Å². The van der Waals surface area contributed by atoms with Gasteiger partial charge in [0.1, 0.15) is 5.78 Å². The maximum absolute atomic E-state index is 11.7. The highest BCUT2D eigenvalue weighted by molar-refractivity contribution is 5.89. The summed E-state index contributed by atoms with van der Waals surface area (Å²) in [5.41, 5.74) is 1.41. The first-order valence-corrected chi connectivity index (χ1v) is 4.59. The van der Waals surface area contributed by atoms with Crippen LogP contribution >= 0.6 is 0 Å². The Labute approximate surface area is 73.8 Å². The number of allylic oxidation sites excluding steroid dienone is 1. The molecule has 2 rings (SSSR count). The van der Waals surface area contributed by atoms with Gasteiger partial charge >= 0.3 is 0 Å². The van der Waals surface area contributed by atoms with Crippen LogP contribution in [0.2, 0.25) is 0 Å². The minimum Gasteiger partial charge on any atom is -0.299 e. The Kier molecular flexibility index (Phi) is 1.23. The summed E-state index contributed by atoms with van der Waals surface area (Å²) in [6.45, 7) is 10.4. The highest BCUT2D eigenvalue weighted by atomic mass is 16.1. The summed E-state index contributed by atoms with van der Waals surface area (Å²) < 4.78 is 0. The van der Waals surface area contributed by atoms with Crippen molar-refractivity contribution in [2.75, 3.05) is 0 Å². The van der Waals surface area contributed by atoms with Crippen molar-refractivity contribution in [3.8, 4) is 0 Å². The molecule has 0 N–H and O–H groups in total. The lowest BCUT2D eigenvalue weighted by Crippen LogP contribution is -2.41. The number of hydrogen-bond donors (Lipinski definition) is 0. The Morgan fingerprint density at radius 2 is 1.92 bits per heavy atom. The van der Waals surface area contributed by atoms with Gasteiger partial charge in [-0.1, -0.05) is 32.9 Å². The highest BCUT2D eigenvalue weighted by Crippen LogP contribution is 2.65. The molecule has 0 unspecified atom stereocenters. The van der Waals surface area contributed by atoms with Crippen LogP contribution < -0.4 is 0 Å². The molecule has 2 atom stereocenters. The number of rotatable bonds is 0. The van der Waals surface area contributed by atoms with Crippen molar-refractivity contribution >= 4 is 5.78 Å². The predicted molar refractivity (Wildman–Crippen MR) is 48.8 cm³/mol. The molecule has 2 aliphatic carbocycles. The zero-order chi connectivity index (χ0) is 9.15. The molecule has 0 aromatic carbocycles. The zero-order valence-corrected chi connectivity index (χ0v) is 8.11. The minimum absolute atomic E-state index is 0.135. The van der Waals surface area contributed by atoms with Crippen molar-refractivity contribution in [1.29, 1.82) is 0 Å². The normalized spacial score (nSPS) is 44.1. The topological polar surface area (TPSA) is 17.1 Å². The van der Waals surface area contributed by atoms with E-state index in [1.165, 1.54) is 5.57 Å². The average molecular weight is 164 g/mol. The molecule has 0 amide bonds. The van der Waals surface area contributed by atoms with Gasteiger partial charge in [0.25, 0.3) is 0 Å². The summed E-state index contributed by atoms with van der Waals surface area (Å²) in [5, 5.41) is 0. The van der Waals surface area contributed by atoms with Crippen LogP contribution in [0, 0.1) is 16.7 Å². The van der Waals surface area contributed by atoms with Crippen molar-refractivity contribution < 1.29 is 4.79 Å². The van der Waals surface area contributed by atoms with Gasteiger partial charge in [-0.2, -0.15) is 0 Å². The summed E-state index contributed by atoms with van der Waals surface area (Å²) in [6, 6.07) is 0. The second-order valence-corrected chi connectivity index (χ2v) is 5.24. The second kappa shape index (κ2) is 1.84. The Morgan fingerprint density at radius 3 is 2.25 bits per heavy atom. The molecule has 0 radical (unpaired) electrons. The maximum Gasteiger partial charge on any atom is 0.139 e. The van der Waals surface area contributed by atoms with Crippen molar-refractivity contribution in [1.82, 2.24) is 0 Å². The van der Waals surface area contributed by atoms with Gasteiger partial charge in [-0.3, -0.25) is 4.79 Å². The van der Waals surface area contributed by atoms with Crippen LogP contribution in [-0.2, 0) is 4.79 Å². The maximum atomic E-state index is 11.7. The fraction of sp³-hybridized carbons (Fsp3) is 0.727. The van der Waals surface area contributed by atoms with Crippen LogP contribution in [0.25, 0.3) is 0 Å². The Hall–Kier alpha value is -0.590. The summed E-state index contributed by atoms with van der Waals surface area (Å²) in [5.74, 6) is 0.881. The van der Waals surface area contributed by atoms with E-state index in [9.17, 15) is 4.79 Å². The first-order chi connectivity index (χ1) is 5.38. The molecule has 0 aromatic heterocycles.